The second-order valence-electron chi connectivity index (χ2n) is 4.12. The van der Waals surface area contributed by atoms with Crippen molar-refractivity contribution >= 4 is 0 Å². The third kappa shape index (κ3) is 2.70. The number of nitrogens with zero attached hydrogens (tertiary/aromatic N) is 3. The van der Waals surface area contributed by atoms with Gasteiger partial charge in [0.05, 0.1) is 6.54 Å². The molecule has 18 heavy (non-hydrogen) atoms. The number of methoxy groups -OCH3 is 1. The Labute approximate surface area is 105 Å². The van der Waals surface area contributed by atoms with E-state index in [2.05, 4.69) is 5.16 Å². The molecule has 0 aliphatic heterocycles. The highest BCUT2D eigenvalue weighted by molar-refractivity contribution is 5.05. The van der Waals surface area contributed by atoms with Crippen LogP contribution in [-0.2, 0) is 24.4 Å². The molecule has 2 aromatic rings. The zero-order valence-electron chi connectivity index (χ0n) is 10.6. The second kappa shape index (κ2) is 5.68. The summed E-state index contributed by atoms with van der Waals surface area (Å²) in [6.45, 7) is 3.58. The minimum atomic E-state index is -0.0202. The van der Waals surface area contributed by atoms with E-state index < -0.39 is 0 Å². The van der Waals surface area contributed by atoms with Crippen molar-refractivity contribution in [3.8, 4) is 0 Å². The Bertz CT molecular complexity index is 553. The number of hydrogen-bond donors (Lipinski definition) is 0. The molecule has 0 saturated carbocycles. The standard InChI is InChI=1S/C12H17N3O3/c1-3-4-14-5-6-15(12(14)16)8-10-7-11(9-17-2)18-13-10/h5-7H,3-4,8-9H2,1-2H3. The molecule has 2 rings (SSSR count). The van der Waals surface area contributed by atoms with E-state index in [0.717, 1.165) is 18.7 Å². The summed E-state index contributed by atoms with van der Waals surface area (Å²) in [5.41, 5.74) is 0.700. The molecule has 0 spiro atoms. The van der Waals surface area contributed by atoms with E-state index >= 15 is 0 Å². The summed E-state index contributed by atoms with van der Waals surface area (Å²) < 4.78 is 13.3. The molecule has 0 bridgehead atoms. The molecule has 0 atom stereocenters. The molecule has 0 saturated heterocycles. The van der Waals surface area contributed by atoms with Gasteiger partial charge in [-0.05, 0) is 6.42 Å². The van der Waals surface area contributed by atoms with Gasteiger partial charge in [0.15, 0.2) is 5.76 Å². The van der Waals surface area contributed by atoms with E-state index in [9.17, 15) is 4.79 Å². The predicted molar refractivity (Wildman–Crippen MR) is 65.3 cm³/mol. The lowest BCUT2D eigenvalue weighted by Crippen LogP contribution is -2.24. The molecule has 2 aromatic heterocycles. The first-order chi connectivity index (χ1) is 8.74. The Morgan fingerprint density at radius 2 is 2.17 bits per heavy atom. The van der Waals surface area contributed by atoms with Crippen molar-refractivity contribution in [3.63, 3.8) is 0 Å². The summed E-state index contributed by atoms with van der Waals surface area (Å²) in [5, 5.41) is 3.90. The number of ether oxygens (including phenoxy) is 1. The minimum Gasteiger partial charge on any atom is -0.377 e. The molecule has 0 amide bonds. The Kier molecular flexibility index (Phi) is 3.99. The van der Waals surface area contributed by atoms with E-state index in [4.69, 9.17) is 9.26 Å². The summed E-state index contributed by atoms with van der Waals surface area (Å²) in [4.78, 5) is 11.9. The van der Waals surface area contributed by atoms with Crippen LogP contribution in [0.2, 0.25) is 0 Å². The van der Waals surface area contributed by atoms with E-state index in [1.54, 1.807) is 34.7 Å². The van der Waals surface area contributed by atoms with E-state index in [0.29, 0.717) is 18.9 Å². The van der Waals surface area contributed by atoms with Gasteiger partial charge < -0.3 is 9.26 Å². The SMILES string of the molecule is CCCn1ccn(Cc2cc(COC)on2)c1=O. The maximum Gasteiger partial charge on any atom is 0.328 e. The average molecular weight is 251 g/mol. The molecule has 0 N–H and O–H groups in total. The maximum absolute atomic E-state index is 11.9. The van der Waals surface area contributed by atoms with Gasteiger partial charge in [0.25, 0.3) is 0 Å². The van der Waals surface area contributed by atoms with Gasteiger partial charge in [0, 0.05) is 32.1 Å². The van der Waals surface area contributed by atoms with E-state index in [1.165, 1.54) is 0 Å². The number of imidazole rings is 1. The van der Waals surface area contributed by atoms with Crippen LogP contribution in [0.25, 0.3) is 0 Å². The highest BCUT2D eigenvalue weighted by Gasteiger charge is 2.07. The Balaban J connectivity index is 2.10. The fraction of sp³-hybridized carbons (Fsp3) is 0.500. The van der Waals surface area contributed by atoms with Gasteiger partial charge in [-0.15, -0.1) is 0 Å². The Hall–Kier alpha value is -1.82. The van der Waals surface area contributed by atoms with Gasteiger partial charge in [-0.2, -0.15) is 0 Å². The number of aryl methyl sites for hydroxylation is 1. The molecule has 0 unspecified atom stereocenters. The smallest absolute Gasteiger partial charge is 0.328 e. The first-order valence-electron chi connectivity index (χ1n) is 5.93. The van der Waals surface area contributed by atoms with Crippen LogP contribution in [-0.4, -0.2) is 21.4 Å². The van der Waals surface area contributed by atoms with Crippen LogP contribution in [0.15, 0.2) is 27.8 Å². The molecule has 0 aliphatic rings. The van der Waals surface area contributed by atoms with Gasteiger partial charge in [-0.1, -0.05) is 12.1 Å². The third-order valence-electron chi connectivity index (χ3n) is 2.61. The summed E-state index contributed by atoms with van der Waals surface area (Å²) >= 11 is 0. The summed E-state index contributed by atoms with van der Waals surface area (Å²) in [5.74, 6) is 0.661. The average Bonchev–Trinajstić information content (AvgIpc) is 2.92. The molecular formula is C12H17N3O3. The van der Waals surface area contributed by atoms with Crippen molar-refractivity contribution in [2.75, 3.05) is 7.11 Å². The quantitative estimate of drug-likeness (QED) is 0.775. The van der Waals surface area contributed by atoms with Gasteiger partial charge in [-0.25, -0.2) is 4.79 Å². The van der Waals surface area contributed by atoms with Crippen molar-refractivity contribution in [1.82, 2.24) is 14.3 Å². The fourth-order valence-electron chi connectivity index (χ4n) is 1.80. The zero-order chi connectivity index (χ0) is 13.0. The van der Waals surface area contributed by atoms with Gasteiger partial charge in [-0.3, -0.25) is 9.13 Å². The van der Waals surface area contributed by atoms with Crippen molar-refractivity contribution in [3.05, 3.63) is 40.4 Å². The molecule has 0 aliphatic carbocycles. The zero-order valence-corrected chi connectivity index (χ0v) is 10.6. The van der Waals surface area contributed by atoms with Crippen LogP contribution in [0, 0.1) is 0 Å². The predicted octanol–water partition coefficient (Wildman–Crippen LogP) is 1.24. The van der Waals surface area contributed by atoms with Crippen molar-refractivity contribution in [2.24, 2.45) is 0 Å². The van der Waals surface area contributed by atoms with Crippen LogP contribution in [0.3, 0.4) is 0 Å². The monoisotopic (exact) mass is 251 g/mol. The highest BCUT2D eigenvalue weighted by atomic mass is 16.5. The van der Waals surface area contributed by atoms with Crippen molar-refractivity contribution in [1.29, 1.82) is 0 Å². The summed E-state index contributed by atoms with van der Waals surface area (Å²) in [6, 6.07) is 1.80. The maximum atomic E-state index is 11.9. The lowest BCUT2D eigenvalue weighted by molar-refractivity contribution is 0.155. The molecule has 0 fully saturated rings. The van der Waals surface area contributed by atoms with Gasteiger partial charge in [0.2, 0.25) is 0 Å². The lowest BCUT2D eigenvalue weighted by atomic mass is 10.3. The van der Waals surface area contributed by atoms with E-state index in [-0.39, 0.29) is 5.69 Å². The lowest BCUT2D eigenvalue weighted by Gasteiger charge is -1.98. The summed E-state index contributed by atoms with van der Waals surface area (Å²) in [6.07, 6.45) is 4.50. The van der Waals surface area contributed by atoms with Crippen LogP contribution >= 0.6 is 0 Å². The van der Waals surface area contributed by atoms with Gasteiger partial charge in [0.1, 0.15) is 12.3 Å². The third-order valence-corrected chi connectivity index (χ3v) is 2.61. The molecule has 6 nitrogen and oxygen atoms in total. The normalized spacial score (nSPS) is 11.0. The van der Waals surface area contributed by atoms with Crippen molar-refractivity contribution in [2.45, 2.75) is 33.0 Å². The molecule has 0 radical (unpaired) electrons. The van der Waals surface area contributed by atoms with E-state index in [1.807, 2.05) is 6.92 Å². The highest BCUT2D eigenvalue weighted by Crippen LogP contribution is 2.05. The number of hydrogen-bond acceptors (Lipinski definition) is 4. The molecule has 0 aromatic carbocycles. The minimum absolute atomic E-state index is 0.0202. The van der Waals surface area contributed by atoms with Crippen LogP contribution in [0.5, 0.6) is 0 Å². The molecular weight excluding hydrogens is 234 g/mol. The summed E-state index contributed by atoms with van der Waals surface area (Å²) in [7, 11) is 1.59. The van der Waals surface area contributed by atoms with Crippen LogP contribution in [0.1, 0.15) is 24.8 Å². The first-order valence-corrected chi connectivity index (χ1v) is 5.93. The first kappa shape index (κ1) is 12.6. The van der Waals surface area contributed by atoms with Gasteiger partial charge >= 0.3 is 5.69 Å². The molecule has 6 heteroatoms. The van der Waals surface area contributed by atoms with Crippen molar-refractivity contribution < 1.29 is 9.26 Å². The fourth-order valence-corrected chi connectivity index (χ4v) is 1.80. The Morgan fingerprint density at radius 3 is 2.89 bits per heavy atom. The largest absolute Gasteiger partial charge is 0.377 e. The molecule has 98 valence electrons. The second-order valence-corrected chi connectivity index (χ2v) is 4.12. The number of rotatable bonds is 6. The molecule has 2 heterocycles. The topological polar surface area (TPSA) is 62.2 Å². The number of aromatic nitrogens is 3. The van der Waals surface area contributed by atoms with Crippen LogP contribution < -0.4 is 5.69 Å². The Morgan fingerprint density at radius 1 is 1.39 bits per heavy atom. The van der Waals surface area contributed by atoms with Crippen LogP contribution in [0.4, 0.5) is 0 Å².